The summed E-state index contributed by atoms with van der Waals surface area (Å²) in [6.07, 6.45) is 1.24. The van der Waals surface area contributed by atoms with Crippen molar-refractivity contribution in [2.45, 2.75) is 26.7 Å². The van der Waals surface area contributed by atoms with Crippen LogP contribution in [0.4, 0.5) is 0 Å². The third kappa shape index (κ3) is 4.19. The van der Waals surface area contributed by atoms with Crippen LogP contribution < -0.4 is 0 Å². The van der Waals surface area contributed by atoms with Gasteiger partial charge >= 0.3 is 0 Å². The van der Waals surface area contributed by atoms with Crippen LogP contribution >= 0.6 is 11.6 Å². The molecule has 0 aromatic rings. The summed E-state index contributed by atoms with van der Waals surface area (Å²) in [5.41, 5.74) is 0. The van der Waals surface area contributed by atoms with Gasteiger partial charge in [-0.05, 0) is 6.42 Å². The molecule has 1 heterocycles. The summed E-state index contributed by atoms with van der Waals surface area (Å²) >= 11 is 5.56. The number of amides is 2. The van der Waals surface area contributed by atoms with E-state index in [0.29, 0.717) is 38.5 Å². The summed E-state index contributed by atoms with van der Waals surface area (Å²) in [7, 11) is 0. The second kappa shape index (κ2) is 6.84. The van der Waals surface area contributed by atoms with Crippen LogP contribution in [0.25, 0.3) is 0 Å². The number of hydrogen-bond donors (Lipinski definition) is 0. The van der Waals surface area contributed by atoms with Crippen molar-refractivity contribution in [3.8, 4) is 0 Å². The summed E-state index contributed by atoms with van der Waals surface area (Å²) in [5, 5.41) is 0. The Morgan fingerprint density at radius 3 is 2.12 bits per heavy atom. The molecular formula is C12H21ClN2O2. The Morgan fingerprint density at radius 1 is 1.12 bits per heavy atom. The summed E-state index contributed by atoms with van der Waals surface area (Å²) in [5.74, 6) is 0.894. The minimum absolute atomic E-state index is 0.0356. The first-order valence-electron chi connectivity index (χ1n) is 6.18. The molecule has 1 fully saturated rings. The van der Waals surface area contributed by atoms with Crippen molar-refractivity contribution in [2.24, 2.45) is 5.92 Å². The van der Waals surface area contributed by atoms with Gasteiger partial charge in [-0.2, -0.15) is 0 Å². The highest BCUT2D eigenvalue weighted by Gasteiger charge is 2.24. The van der Waals surface area contributed by atoms with Crippen LogP contribution in [0, 0.1) is 5.92 Å². The zero-order chi connectivity index (χ0) is 12.8. The molecule has 0 atom stereocenters. The fourth-order valence-corrected chi connectivity index (χ4v) is 2.05. The van der Waals surface area contributed by atoms with Gasteiger partial charge in [0.25, 0.3) is 0 Å². The summed E-state index contributed by atoms with van der Waals surface area (Å²) in [6, 6.07) is 0. The zero-order valence-electron chi connectivity index (χ0n) is 10.6. The van der Waals surface area contributed by atoms with Gasteiger partial charge in [-0.1, -0.05) is 13.8 Å². The highest BCUT2D eigenvalue weighted by molar-refractivity contribution is 6.17. The topological polar surface area (TPSA) is 40.6 Å². The number of halogens is 1. The van der Waals surface area contributed by atoms with Gasteiger partial charge in [0.1, 0.15) is 0 Å². The molecule has 0 spiro atoms. The molecule has 0 bridgehead atoms. The number of rotatable bonds is 4. The maximum absolute atomic E-state index is 11.8. The van der Waals surface area contributed by atoms with Crippen molar-refractivity contribution in [3.63, 3.8) is 0 Å². The molecule has 0 aromatic carbocycles. The lowest BCUT2D eigenvalue weighted by Crippen LogP contribution is -2.51. The Labute approximate surface area is 108 Å². The van der Waals surface area contributed by atoms with Gasteiger partial charge in [-0.3, -0.25) is 9.59 Å². The highest BCUT2D eigenvalue weighted by Crippen LogP contribution is 2.09. The molecule has 17 heavy (non-hydrogen) atoms. The van der Waals surface area contributed by atoms with Crippen LogP contribution in [0.1, 0.15) is 26.7 Å². The Bertz CT molecular complexity index is 274. The third-order valence-corrected chi connectivity index (χ3v) is 3.23. The van der Waals surface area contributed by atoms with Crippen LogP contribution in [-0.2, 0) is 9.59 Å². The second-order valence-corrected chi connectivity index (χ2v) is 5.03. The van der Waals surface area contributed by atoms with E-state index in [0.717, 1.165) is 6.42 Å². The maximum Gasteiger partial charge on any atom is 0.225 e. The van der Waals surface area contributed by atoms with E-state index < -0.39 is 0 Å². The lowest BCUT2D eigenvalue weighted by Gasteiger charge is -2.35. The number of piperazine rings is 1. The van der Waals surface area contributed by atoms with E-state index in [1.807, 2.05) is 23.6 Å². The van der Waals surface area contributed by atoms with Gasteiger partial charge in [-0.25, -0.2) is 0 Å². The van der Waals surface area contributed by atoms with Crippen LogP contribution in [0.2, 0.25) is 0 Å². The highest BCUT2D eigenvalue weighted by atomic mass is 35.5. The number of carbonyl (C=O) groups is 2. The minimum atomic E-state index is 0.0356. The van der Waals surface area contributed by atoms with Crippen LogP contribution in [0.3, 0.4) is 0 Å². The quantitative estimate of drug-likeness (QED) is 0.716. The van der Waals surface area contributed by atoms with Gasteiger partial charge < -0.3 is 9.80 Å². The molecule has 98 valence electrons. The molecule has 0 aliphatic carbocycles. The van der Waals surface area contributed by atoms with Crippen molar-refractivity contribution in [2.75, 3.05) is 32.1 Å². The van der Waals surface area contributed by atoms with Gasteiger partial charge in [0.2, 0.25) is 11.8 Å². The number of nitrogens with zero attached hydrogens (tertiary/aromatic N) is 2. The molecule has 0 aromatic heterocycles. The van der Waals surface area contributed by atoms with Crippen molar-refractivity contribution in [1.82, 2.24) is 9.80 Å². The molecular weight excluding hydrogens is 240 g/mol. The average Bonchev–Trinajstić information content (AvgIpc) is 2.35. The monoisotopic (exact) mass is 260 g/mol. The molecule has 4 nitrogen and oxygen atoms in total. The normalized spacial score (nSPS) is 16.5. The van der Waals surface area contributed by atoms with E-state index >= 15 is 0 Å². The average molecular weight is 261 g/mol. The fourth-order valence-electron chi connectivity index (χ4n) is 1.92. The van der Waals surface area contributed by atoms with Crippen LogP contribution in [0.15, 0.2) is 0 Å². The predicted octanol–water partition coefficient (Wildman–Crippen LogP) is 1.33. The lowest BCUT2D eigenvalue weighted by molar-refractivity contribution is -0.141. The van der Waals surface area contributed by atoms with E-state index in [4.69, 9.17) is 11.6 Å². The molecule has 0 saturated carbocycles. The summed E-state index contributed by atoms with van der Waals surface area (Å²) in [6.45, 7) is 6.42. The first-order chi connectivity index (χ1) is 8.06. The smallest absolute Gasteiger partial charge is 0.225 e. The van der Waals surface area contributed by atoms with E-state index in [9.17, 15) is 9.59 Å². The molecule has 5 heteroatoms. The van der Waals surface area contributed by atoms with Crippen molar-refractivity contribution < 1.29 is 9.59 Å². The minimum Gasteiger partial charge on any atom is -0.339 e. The van der Waals surface area contributed by atoms with E-state index in [2.05, 4.69) is 0 Å². The van der Waals surface area contributed by atoms with Crippen molar-refractivity contribution in [1.29, 1.82) is 0 Å². The molecule has 0 N–H and O–H groups in total. The first kappa shape index (κ1) is 14.3. The number of carbonyl (C=O) groups excluding carboxylic acids is 2. The van der Waals surface area contributed by atoms with Gasteiger partial charge in [0.15, 0.2) is 0 Å². The third-order valence-electron chi connectivity index (χ3n) is 2.96. The molecule has 0 radical (unpaired) electrons. The van der Waals surface area contributed by atoms with Gasteiger partial charge in [0, 0.05) is 44.4 Å². The zero-order valence-corrected chi connectivity index (χ0v) is 11.4. The van der Waals surface area contributed by atoms with E-state index in [1.54, 1.807) is 0 Å². The fraction of sp³-hybridized carbons (Fsp3) is 0.833. The van der Waals surface area contributed by atoms with Crippen LogP contribution in [-0.4, -0.2) is 53.7 Å². The van der Waals surface area contributed by atoms with Gasteiger partial charge in [-0.15, -0.1) is 11.6 Å². The predicted molar refractivity (Wildman–Crippen MR) is 68.0 cm³/mol. The molecule has 1 aliphatic heterocycles. The molecule has 1 aliphatic rings. The maximum atomic E-state index is 11.8. The van der Waals surface area contributed by atoms with E-state index in [1.165, 1.54) is 0 Å². The van der Waals surface area contributed by atoms with Crippen molar-refractivity contribution >= 4 is 23.4 Å². The number of hydrogen-bond acceptors (Lipinski definition) is 2. The van der Waals surface area contributed by atoms with Gasteiger partial charge in [0.05, 0.1) is 0 Å². The lowest BCUT2D eigenvalue weighted by atomic mass is 10.1. The summed E-state index contributed by atoms with van der Waals surface area (Å²) < 4.78 is 0. The Hall–Kier alpha value is -0.770. The molecule has 2 amide bonds. The SMILES string of the molecule is CC(C)C(=O)N1CCN(C(=O)CCCCl)CC1. The Kier molecular flexibility index (Phi) is 5.75. The molecule has 1 saturated heterocycles. The number of alkyl halides is 1. The largest absolute Gasteiger partial charge is 0.339 e. The first-order valence-corrected chi connectivity index (χ1v) is 6.72. The standard InChI is InChI=1S/C12H21ClN2O2/c1-10(2)12(17)15-8-6-14(7-9-15)11(16)4-3-5-13/h10H,3-9H2,1-2H3. The molecule has 0 unspecified atom stereocenters. The van der Waals surface area contributed by atoms with Crippen molar-refractivity contribution in [3.05, 3.63) is 0 Å². The summed E-state index contributed by atoms with van der Waals surface area (Å²) in [4.78, 5) is 27.2. The second-order valence-electron chi connectivity index (χ2n) is 4.65. The van der Waals surface area contributed by atoms with Crippen LogP contribution in [0.5, 0.6) is 0 Å². The Morgan fingerprint density at radius 2 is 1.65 bits per heavy atom. The molecule has 1 rings (SSSR count). The van der Waals surface area contributed by atoms with E-state index in [-0.39, 0.29) is 17.7 Å². The Balaban J connectivity index is 2.35.